The highest BCUT2D eigenvalue weighted by Gasteiger charge is 2.20. The quantitative estimate of drug-likeness (QED) is 0.665. The molecule has 1 aromatic carbocycles. The van der Waals surface area contributed by atoms with E-state index in [-0.39, 0.29) is 18.7 Å². The van der Waals surface area contributed by atoms with Crippen molar-refractivity contribution >= 4 is 26.1 Å². The first-order chi connectivity index (χ1) is 9.58. The molecule has 8 nitrogen and oxygen atoms in total. The minimum absolute atomic E-state index is 0.239. The van der Waals surface area contributed by atoms with Crippen LogP contribution in [-0.2, 0) is 20.2 Å². The Labute approximate surface area is 122 Å². The van der Waals surface area contributed by atoms with Gasteiger partial charge in [-0.15, -0.1) is 0 Å². The molecule has 0 fully saturated rings. The van der Waals surface area contributed by atoms with Gasteiger partial charge in [0.15, 0.2) is 0 Å². The van der Waals surface area contributed by atoms with Crippen LogP contribution in [0.5, 0.6) is 0 Å². The molecular formula is C11H15NO7S2. The van der Waals surface area contributed by atoms with Crippen molar-refractivity contribution in [2.24, 2.45) is 0 Å². The number of amides is 1. The second-order valence-corrected chi connectivity index (χ2v) is 7.37. The third-order valence-corrected chi connectivity index (χ3v) is 3.94. The Bertz CT molecular complexity index is 647. The van der Waals surface area contributed by atoms with E-state index in [9.17, 15) is 21.6 Å². The Morgan fingerprint density at radius 2 is 1.33 bits per heavy atom. The molecule has 118 valence electrons. The van der Waals surface area contributed by atoms with E-state index >= 15 is 0 Å². The molecule has 0 aliphatic heterocycles. The normalized spacial score (nSPS) is 12.1. The monoisotopic (exact) mass is 337 g/mol. The summed E-state index contributed by atoms with van der Waals surface area (Å²) in [7, 11) is -8.59. The van der Waals surface area contributed by atoms with Crippen LogP contribution in [0.15, 0.2) is 30.3 Å². The topological polar surface area (TPSA) is 129 Å². The van der Waals surface area contributed by atoms with Crippen molar-refractivity contribution in [1.29, 1.82) is 0 Å². The SMILES string of the molecule is O=C(c1ccccc1)N(CCS(=O)(=O)O)CCS(=O)(=O)O. The second kappa shape index (κ2) is 6.98. The lowest BCUT2D eigenvalue weighted by atomic mass is 10.2. The van der Waals surface area contributed by atoms with Crippen LogP contribution in [-0.4, -0.2) is 61.3 Å². The Kier molecular flexibility index (Phi) is 5.84. The molecule has 0 aromatic heterocycles. The molecule has 1 amide bonds. The molecule has 0 unspecified atom stereocenters. The molecule has 10 heteroatoms. The number of benzene rings is 1. The van der Waals surface area contributed by atoms with E-state index in [4.69, 9.17) is 9.11 Å². The smallest absolute Gasteiger partial charge is 0.266 e. The minimum Gasteiger partial charge on any atom is -0.336 e. The molecule has 0 radical (unpaired) electrons. The number of nitrogens with zero attached hydrogens (tertiary/aromatic N) is 1. The van der Waals surface area contributed by atoms with Crippen molar-refractivity contribution in [1.82, 2.24) is 4.90 Å². The van der Waals surface area contributed by atoms with Crippen LogP contribution in [0.25, 0.3) is 0 Å². The van der Waals surface area contributed by atoms with Crippen LogP contribution >= 0.6 is 0 Å². The maximum atomic E-state index is 12.2. The average molecular weight is 337 g/mol. The van der Waals surface area contributed by atoms with E-state index in [0.29, 0.717) is 0 Å². The van der Waals surface area contributed by atoms with E-state index < -0.39 is 37.6 Å². The van der Waals surface area contributed by atoms with Gasteiger partial charge >= 0.3 is 0 Å². The molecule has 0 bridgehead atoms. The molecule has 0 saturated carbocycles. The summed E-state index contributed by atoms with van der Waals surface area (Å²) in [6, 6.07) is 7.83. The molecule has 1 rings (SSSR count). The van der Waals surface area contributed by atoms with Crippen molar-refractivity contribution in [2.45, 2.75) is 0 Å². The van der Waals surface area contributed by atoms with Gasteiger partial charge in [0.05, 0.1) is 11.5 Å². The molecule has 2 N–H and O–H groups in total. The van der Waals surface area contributed by atoms with Crippen LogP contribution in [0.2, 0.25) is 0 Å². The third kappa shape index (κ3) is 7.18. The van der Waals surface area contributed by atoms with Gasteiger partial charge in [0.1, 0.15) is 0 Å². The maximum absolute atomic E-state index is 12.2. The summed E-state index contributed by atoms with van der Waals surface area (Å²) in [5.41, 5.74) is 0.239. The fourth-order valence-corrected chi connectivity index (χ4v) is 2.43. The number of carbonyl (C=O) groups excluding carboxylic acids is 1. The Hall–Kier alpha value is -1.49. The summed E-state index contributed by atoms with van der Waals surface area (Å²) < 4.78 is 60.4. The first kappa shape index (κ1) is 17.6. The Balaban J connectivity index is 2.87. The Morgan fingerprint density at radius 3 is 1.71 bits per heavy atom. The average Bonchev–Trinajstić information content (AvgIpc) is 2.36. The van der Waals surface area contributed by atoms with Crippen molar-refractivity contribution in [2.75, 3.05) is 24.6 Å². The van der Waals surface area contributed by atoms with E-state index in [1.54, 1.807) is 18.2 Å². The largest absolute Gasteiger partial charge is 0.336 e. The summed E-state index contributed by atoms with van der Waals surface area (Å²) in [5.74, 6) is -2.04. The van der Waals surface area contributed by atoms with E-state index in [1.165, 1.54) is 12.1 Å². The van der Waals surface area contributed by atoms with Gasteiger partial charge in [-0.3, -0.25) is 13.9 Å². The molecule has 0 aliphatic rings. The predicted octanol–water partition coefficient (Wildman–Crippen LogP) is -0.0956. The van der Waals surface area contributed by atoms with Crippen molar-refractivity contribution in [3.63, 3.8) is 0 Å². The van der Waals surface area contributed by atoms with E-state index in [0.717, 1.165) is 4.90 Å². The molecule has 0 aliphatic carbocycles. The Morgan fingerprint density at radius 1 is 0.905 bits per heavy atom. The minimum atomic E-state index is -4.29. The second-order valence-electron chi connectivity index (χ2n) is 4.23. The molecular weight excluding hydrogens is 322 g/mol. The lowest BCUT2D eigenvalue weighted by Gasteiger charge is -2.21. The van der Waals surface area contributed by atoms with Crippen LogP contribution in [0.1, 0.15) is 10.4 Å². The third-order valence-electron chi connectivity index (χ3n) is 2.55. The number of carbonyl (C=O) groups is 1. The molecule has 1 aromatic rings. The van der Waals surface area contributed by atoms with Gasteiger partial charge in [-0.25, -0.2) is 0 Å². The first-order valence-corrected chi connectivity index (χ1v) is 9.05. The van der Waals surface area contributed by atoms with Gasteiger partial charge in [-0.2, -0.15) is 16.8 Å². The standard InChI is InChI=1S/C11H15NO7S2/c13-11(10-4-2-1-3-5-10)12(6-8-20(14,15)16)7-9-21(17,18)19/h1-5H,6-9H2,(H,14,15,16)(H,17,18,19). The lowest BCUT2D eigenvalue weighted by Crippen LogP contribution is -2.38. The molecule has 0 heterocycles. The van der Waals surface area contributed by atoms with Gasteiger partial charge in [-0.05, 0) is 12.1 Å². The van der Waals surface area contributed by atoms with Gasteiger partial charge in [0.2, 0.25) is 0 Å². The number of hydrogen-bond donors (Lipinski definition) is 2. The van der Waals surface area contributed by atoms with Crippen LogP contribution in [0, 0.1) is 0 Å². The molecule has 0 atom stereocenters. The number of rotatable bonds is 7. The zero-order valence-corrected chi connectivity index (χ0v) is 12.5. The zero-order chi connectivity index (χ0) is 16.1. The maximum Gasteiger partial charge on any atom is 0.266 e. The number of hydrogen-bond acceptors (Lipinski definition) is 5. The molecule has 0 saturated heterocycles. The first-order valence-electron chi connectivity index (χ1n) is 5.83. The van der Waals surface area contributed by atoms with E-state index in [2.05, 4.69) is 0 Å². The van der Waals surface area contributed by atoms with Crippen molar-refractivity contribution < 1.29 is 30.7 Å². The highest BCUT2D eigenvalue weighted by molar-refractivity contribution is 7.86. The fourth-order valence-electron chi connectivity index (χ4n) is 1.53. The molecule has 21 heavy (non-hydrogen) atoms. The van der Waals surface area contributed by atoms with Crippen molar-refractivity contribution in [3.8, 4) is 0 Å². The van der Waals surface area contributed by atoms with Gasteiger partial charge in [-0.1, -0.05) is 18.2 Å². The zero-order valence-electron chi connectivity index (χ0n) is 10.9. The van der Waals surface area contributed by atoms with E-state index in [1.807, 2.05) is 0 Å². The lowest BCUT2D eigenvalue weighted by molar-refractivity contribution is 0.0774. The van der Waals surface area contributed by atoms with Crippen LogP contribution in [0.4, 0.5) is 0 Å². The summed E-state index contributed by atoms with van der Waals surface area (Å²) in [4.78, 5) is 13.1. The van der Waals surface area contributed by atoms with Gasteiger partial charge in [0.25, 0.3) is 26.1 Å². The molecule has 0 spiro atoms. The van der Waals surface area contributed by atoms with Gasteiger partial charge in [0, 0.05) is 18.7 Å². The summed E-state index contributed by atoms with van der Waals surface area (Å²) in [5, 5.41) is 0. The fraction of sp³-hybridized carbons (Fsp3) is 0.364. The highest BCUT2D eigenvalue weighted by atomic mass is 32.2. The van der Waals surface area contributed by atoms with Gasteiger partial charge < -0.3 is 4.90 Å². The summed E-state index contributed by atoms with van der Waals surface area (Å²) in [6.45, 7) is -0.774. The van der Waals surface area contributed by atoms with Crippen LogP contribution < -0.4 is 0 Å². The summed E-state index contributed by atoms with van der Waals surface area (Å²) in [6.07, 6.45) is 0. The predicted molar refractivity (Wildman–Crippen MR) is 75.2 cm³/mol. The van der Waals surface area contributed by atoms with Crippen molar-refractivity contribution in [3.05, 3.63) is 35.9 Å². The van der Waals surface area contributed by atoms with Crippen LogP contribution in [0.3, 0.4) is 0 Å². The summed E-state index contributed by atoms with van der Waals surface area (Å²) >= 11 is 0. The highest BCUT2D eigenvalue weighted by Crippen LogP contribution is 2.05.